The molecule has 4 nitrogen and oxygen atoms in total. The maximum Gasteiger partial charge on any atom is 0.115 e. The van der Waals surface area contributed by atoms with E-state index in [0.717, 1.165) is 11.5 Å². The van der Waals surface area contributed by atoms with Crippen LogP contribution in [0.3, 0.4) is 0 Å². The molecular formula is C12H17NO3. The third kappa shape index (κ3) is 1.09. The SMILES string of the molecule is Cc1ccc(C2(C3(CN)COC3)COC2)o1. The van der Waals surface area contributed by atoms with Crippen LogP contribution in [-0.4, -0.2) is 33.0 Å². The highest BCUT2D eigenvalue weighted by molar-refractivity contribution is 5.27. The smallest absolute Gasteiger partial charge is 0.115 e. The Morgan fingerprint density at radius 1 is 1.19 bits per heavy atom. The second-order valence-corrected chi connectivity index (χ2v) is 4.96. The van der Waals surface area contributed by atoms with Gasteiger partial charge in [-0.1, -0.05) is 0 Å². The van der Waals surface area contributed by atoms with Gasteiger partial charge in [0.15, 0.2) is 0 Å². The van der Waals surface area contributed by atoms with Crippen LogP contribution in [0.1, 0.15) is 11.5 Å². The zero-order valence-corrected chi connectivity index (χ0v) is 9.49. The minimum atomic E-state index is -0.0613. The van der Waals surface area contributed by atoms with E-state index in [1.807, 2.05) is 19.1 Å². The van der Waals surface area contributed by atoms with E-state index in [0.29, 0.717) is 33.0 Å². The number of furan rings is 1. The highest BCUT2D eigenvalue weighted by atomic mass is 16.5. The molecule has 0 saturated carbocycles. The maximum atomic E-state index is 5.93. The second-order valence-electron chi connectivity index (χ2n) is 4.96. The lowest BCUT2D eigenvalue weighted by Crippen LogP contribution is -2.69. The first kappa shape index (κ1) is 10.3. The van der Waals surface area contributed by atoms with Crippen molar-refractivity contribution in [3.63, 3.8) is 0 Å². The molecule has 0 unspecified atom stereocenters. The number of aryl methyl sites for hydroxylation is 1. The Labute approximate surface area is 94.7 Å². The summed E-state index contributed by atoms with van der Waals surface area (Å²) < 4.78 is 16.6. The quantitative estimate of drug-likeness (QED) is 0.824. The van der Waals surface area contributed by atoms with E-state index in [1.165, 1.54) is 0 Å². The second kappa shape index (κ2) is 3.32. The Bertz CT molecular complexity index is 385. The van der Waals surface area contributed by atoms with Gasteiger partial charge in [-0.3, -0.25) is 0 Å². The van der Waals surface area contributed by atoms with E-state index in [-0.39, 0.29) is 10.8 Å². The molecule has 2 aliphatic heterocycles. The molecular weight excluding hydrogens is 206 g/mol. The first-order valence-electron chi connectivity index (χ1n) is 5.65. The number of hydrogen-bond acceptors (Lipinski definition) is 4. The highest BCUT2D eigenvalue weighted by Crippen LogP contribution is 2.51. The first-order chi connectivity index (χ1) is 7.72. The van der Waals surface area contributed by atoms with Crippen molar-refractivity contribution >= 4 is 0 Å². The Balaban J connectivity index is 1.99. The Hall–Kier alpha value is -0.840. The van der Waals surface area contributed by atoms with Crippen molar-refractivity contribution in [2.75, 3.05) is 33.0 Å². The van der Waals surface area contributed by atoms with Crippen LogP contribution >= 0.6 is 0 Å². The molecule has 0 aromatic carbocycles. The minimum Gasteiger partial charge on any atom is -0.466 e. The van der Waals surface area contributed by atoms with E-state index >= 15 is 0 Å². The fraction of sp³-hybridized carbons (Fsp3) is 0.667. The van der Waals surface area contributed by atoms with Gasteiger partial charge in [0.05, 0.1) is 31.8 Å². The normalized spacial score (nSPS) is 25.9. The molecule has 0 aliphatic carbocycles. The topological polar surface area (TPSA) is 57.6 Å². The lowest BCUT2D eigenvalue weighted by atomic mass is 9.59. The van der Waals surface area contributed by atoms with Crippen LogP contribution in [0, 0.1) is 12.3 Å². The molecule has 3 rings (SSSR count). The molecule has 2 fully saturated rings. The minimum absolute atomic E-state index is 0.00947. The van der Waals surface area contributed by atoms with Gasteiger partial charge in [0.25, 0.3) is 0 Å². The summed E-state index contributed by atoms with van der Waals surface area (Å²) in [4.78, 5) is 0. The van der Waals surface area contributed by atoms with Crippen LogP contribution in [0.2, 0.25) is 0 Å². The lowest BCUT2D eigenvalue weighted by Gasteiger charge is -2.57. The van der Waals surface area contributed by atoms with Crippen molar-refractivity contribution in [2.45, 2.75) is 12.3 Å². The predicted molar refractivity (Wildman–Crippen MR) is 58.2 cm³/mol. The lowest BCUT2D eigenvalue weighted by molar-refractivity contribution is -0.229. The molecule has 1 aromatic rings. The fourth-order valence-electron chi connectivity index (χ4n) is 2.65. The molecule has 0 amide bonds. The molecule has 0 spiro atoms. The zero-order valence-electron chi connectivity index (χ0n) is 9.49. The van der Waals surface area contributed by atoms with E-state index in [9.17, 15) is 0 Å². The first-order valence-corrected chi connectivity index (χ1v) is 5.65. The highest BCUT2D eigenvalue weighted by Gasteiger charge is 2.62. The molecule has 3 heterocycles. The molecule has 0 bridgehead atoms. The summed E-state index contributed by atoms with van der Waals surface area (Å²) >= 11 is 0. The van der Waals surface area contributed by atoms with Gasteiger partial charge in [-0.05, 0) is 19.1 Å². The van der Waals surface area contributed by atoms with E-state index < -0.39 is 0 Å². The molecule has 0 atom stereocenters. The Kier molecular flexibility index (Phi) is 2.14. The van der Waals surface area contributed by atoms with Crippen LogP contribution in [0.4, 0.5) is 0 Å². The molecule has 16 heavy (non-hydrogen) atoms. The van der Waals surface area contributed by atoms with Crippen LogP contribution in [0.5, 0.6) is 0 Å². The number of nitrogens with two attached hydrogens (primary N) is 1. The van der Waals surface area contributed by atoms with Crippen molar-refractivity contribution in [3.8, 4) is 0 Å². The molecule has 2 saturated heterocycles. The standard InChI is InChI=1S/C12H17NO3/c1-9-2-3-10(16-9)12(7-15-8-12)11(4-13)5-14-6-11/h2-3H,4-8,13H2,1H3. The van der Waals surface area contributed by atoms with Crippen molar-refractivity contribution in [1.82, 2.24) is 0 Å². The van der Waals surface area contributed by atoms with Gasteiger partial charge in [-0.2, -0.15) is 0 Å². The average molecular weight is 223 g/mol. The summed E-state index contributed by atoms with van der Waals surface area (Å²) in [6, 6.07) is 4.05. The fourth-order valence-corrected chi connectivity index (χ4v) is 2.65. The van der Waals surface area contributed by atoms with Crippen molar-refractivity contribution in [3.05, 3.63) is 23.7 Å². The van der Waals surface area contributed by atoms with Gasteiger partial charge in [-0.25, -0.2) is 0 Å². The van der Waals surface area contributed by atoms with Crippen LogP contribution < -0.4 is 5.73 Å². The van der Waals surface area contributed by atoms with Gasteiger partial charge in [0.2, 0.25) is 0 Å². The van der Waals surface area contributed by atoms with Gasteiger partial charge in [0, 0.05) is 12.0 Å². The van der Waals surface area contributed by atoms with Gasteiger partial charge in [-0.15, -0.1) is 0 Å². The summed E-state index contributed by atoms with van der Waals surface area (Å²) in [5, 5.41) is 0. The summed E-state index contributed by atoms with van der Waals surface area (Å²) in [7, 11) is 0. The molecule has 2 N–H and O–H groups in total. The Morgan fingerprint density at radius 2 is 1.88 bits per heavy atom. The predicted octanol–water partition coefficient (Wildman–Crippen LogP) is 0.831. The number of rotatable bonds is 3. The molecule has 1 aromatic heterocycles. The van der Waals surface area contributed by atoms with E-state index in [2.05, 4.69) is 0 Å². The zero-order chi connectivity index (χ0) is 11.2. The maximum absolute atomic E-state index is 5.93. The van der Waals surface area contributed by atoms with Crippen molar-refractivity contribution in [2.24, 2.45) is 11.1 Å². The van der Waals surface area contributed by atoms with Crippen LogP contribution in [-0.2, 0) is 14.9 Å². The monoisotopic (exact) mass is 223 g/mol. The third-order valence-corrected chi connectivity index (χ3v) is 4.07. The van der Waals surface area contributed by atoms with Gasteiger partial charge in [0.1, 0.15) is 11.5 Å². The van der Waals surface area contributed by atoms with E-state index in [4.69, 9.17) is 19.6 Å². The largest absolute Gasteiger partial charge is 0.466 e. The summed E-state index contributed by atoms with van der Waals surface area (Å²) in [6.45, 7) is 5.40. The summed E-state index contributed by atoms with van der Waals surface area (Å²) in [5.41, 5.74) is 5.88. The number of hydrogen-bond donors (Lipinski definition) is 1. The molecule has 88 valence electrons. The molecule has 0 radical (unpaired) electrons. The van der Waals surface area contributed by atoms with E-state index in [1.54, 1.807) is 0 Å². The van der Waals surface area contributed by atoms with Crippen LogP contribution in [0.25, 0.3) is 0 Å². The Morgan fingerprint density at radius 3 is 2.19 bits per heavy atom. The van der Waals surface area contributed by atoms with Gasteiger partial charge >= 0.3 is 0 Å². The average Bonchev–Trinajstić information content (AvgIpc) is 2.55. The number of ether oxygens (including phenoxy) is 2. The third-order valence-electron chi connectivity index (χ3n) is 4.07. The summed E-state index contributed by atoms with van der Waals surface area (Å²) in [5.74, 6) is 1.94. The van der Waals surface area contributed by atoms with Gasteiger partial charge < -0.3 is 19.6 Å². The molecule has 4 heteroatoms. The summed E-state index contributed by atoms with van der Waals surface area (Å²) in [6.07, 6.45) is 0. The molecule has 2 aliphatic rings. The van der Waals surface area contributed by atoms with Crippen molar-refractivity contribution < 1.29 is 13.9 Å². The van der Waals surface area contributed by atoms with Crippen LogP contribution in [0.15, 0.2) is 16.5 Å². The van der Waals surface area contributed by atoms with Crippen molar-refractivity contribution in [1.29, 1.82) is 0 Å².